The quantitative estimate of drug-likeness (QED) is 0.833. The number of fused-ring (bicyclic) bond motifs is 1. The van der Waals surface area contributed by atoms with E-state index in [1.165, 1.54) is 0 Å². The van der Waals surface area contributed by atoms with Gasteiger partial charge < -0.3 is 9.51 Å². The lowest BCUT2D eigenvalue weighted by molar-refractivity contribution is -0.0457. The Morgan fingerprint density at radius 1 is 1.31 bits per heavy atom. The number of aryl methyl sites for hydroxylation is 1. The first kappa shape index (κ1) is 18.8. The number of hydrogen-bond donors (Lipinski definition) is 1. The molecule has 4 nitrogen and oxygen atoms in total. The van der Waals surface area contributed by atoms with Crippen LogP contribution < -0.4 is 0 Å². The fraction of sp³-hybridized carbons (Fsp3) is 0.600. The van der Waals surface area contributed by atoms with Crippen LogP contribution in [0.4, 0.5) is 8.78 Å². The minimum Gasteiger partial charge on any atom is -0.478 e. The average Bonchev–Trinajstić information content (AvgIpc) is 2.88. The Morgan fingerprint density at radius 3 is 2.46 bits per heavy atom. The Kier molecular flexibility index (Phi) is 4.57. The monoisotopic (exact) mass is 364 g/mol. The summed E-state index contributed by atoms with van der Waals surface area (Å²) in [4.78, 5) is 16.1. The Balaban J connectivity index is 2.06. The number of nitrogens with zero attached hydrogens (tertiary/aromatic N) is 2. The highest BCUT2D eigenvalue weighted by Crippen LogP contribution is 2.39. The smallest absolute Gasteiger partial charge is 0.335 e. The van der Waals surface area contributed by atoms with Crippen LogP contribution in [0.25, 0.3) is 5.65 Å². The van der Waals surface area contributed by atoms with Crippen molar-refractivity contribution in [3.8, 4) is 0 Å². The number of halogens is 2. The van der Waals surface area contributed by atoms with E-state index in [1.54, 1.807) is 12.1 Å². The summed E-state index contributed by atoms with van der Waals surface area (Å²) in [6, 6.07) is 3.23. The van der Waals surface area contributed by atoms with Crippen molar-refractivity contribution in [1.29, 1.82) is 0 Å². The SMILES string of the molecule is Cc1cc(C(=O)O)cc2nc(C(C)(C)C)c(CC3CCC(F)(F)CC3)n12. The van der Waals surface area contributed by atoms with Crippen LogP contribution >= 0.6 is 0 Å². The largest absolute Gasteiger partial charge is 0.478 e. The molecule has 1 N–H and O–H groups in total. The van der Waals surface area contributed by atoms with Crippen LogP contribution in [0, 0.1) is 12.8 Å². The maximum absolute atomic E-state index is 13.5. The zero-order chi connectivity index (χ0) is 19.3. The number of aromatic nitrogens is 2. The highest BCUT2D eigenvalue weighted by molar-refractivity contribution is 5.89. The summed E-state index contributed by atoms with van der Waals surface area (Å²) in [5, 5.41) is 9.31. The Bertz CT molecular complexity index is 840. The summed E-state index contributed by atoms with van der Waals surface area (Å²) in [6.45, 7) is 8.08. The molecule has 2 aromatic heterocycles. The third kappa shape index (κ3) is 3.60. The molecule has 0 spiro atoms. The molecule has 0 saturated heterocycles. The first-order valence-corrected chi connectivity index (χ1v) is 9.11. The maximum Gasteiger partial charge on any atom is 0.335 e. The van der Waals surface area contributed by atoms with Gasteiger partial charge in [0.05, 0.1) is 11.3 Å². The number of hydrogen-bond acceptors (Lipinski definition) is 2. The van der Waals surface area contributed by atoms with Gasteiger partial charge in [0, 0.05) is 29.6 Å². The molecule has 0 unspecified atom stereocenters. The third-order valence-corrected chi connectivity index (χ3v) is 5.28. The average molecular weight is 364 g/mol. The molecule has 2 aromatic rings. The summed E-state index contributed by atoms with van der Waals surface area (Å²) >= 11 is 0. The van der Waals surface area contributed by atoms with E-state index in [0.29, 0.717) is 24.9 Å². The van der Waals surface area contributed by atoms with Crippen molar-refractivity contribution in [3.63, 3.8) is 0 Å². The van der Waals surface area contributed by atoms with Crippen molar-refractivity contribution in [1.82, 2.24) is 9.38 Å². The number of rotatable bonds is 3. The lowest BCUT2D eigenvalue weighted by Gasteiger charge is -2.29. The molecule has 3 rings (SSSR count). The van der Waals surface area contributed by atoms with E-state index < -0.39 is 11.9 Å². The lowest BCUT2D eigenvalue weighted by Crippen LogP contribution is -2.26. The van der Waals surface area contributed by atoms with Crippen LogP contribution in [0.5, 0.6) is 0 Å². The van der Waals surface area contributed by atoms with Crippen LogP contribution in [0.3, 0.4) is 0 Å². The number of alkyl halides is 2. The maximum atomic E-state index is 13.5. The number of carbonyl (C=O) groups is 1. The van der Waals surface area contributed by atoms with Crippen LogP contribution in [0.1, 0.15) is 73.9 Å². The van der Waals surface area contributed by atoms with Gasteiger partial charge in [0.25, 0.3) is 0 Å². The van der Waals surface area contributed by atoms with Crippen molar-refractivity contribution < 1.29 is 18.7 Å². The molecular weight excluding hydrogens is 338 g/mol. The Labute approximate surface area is 152 Å². The second-order valence-corrected chi connectivity index (χ2v) is 8.54. The number of pyridine rings is 1. The van der Waals surface area contributed by atoms with Crippen molar-refractivity contribution in [3.05, 3.63) is 34.8 Å². The molecule has 2 heterocycles. The van der Waals surface area contributed by atoms with Gasteiger partial charge >= 0.3 is 5.97 Å². The van der Waals surface area contributed by atoms with Crippen molar-refractivity contribution in [2.45, 2.75) is 71.1 Å². The van der Waals surface area contributed by atoms with E-state index in [-0.39, 0.29) is 29.7 Å². The number of carboxylic acid groups (broad SMARTS) is 1. The molecule has 1 fully saturated rings. The number of carboxylic acids is 1. The molecule has 0 aromatic carbocycles. The van der Waals surface area contributed by atoms with Crippen LogP contribution in [-0.2, 0) is 11.8 Å². The summed E-state index contributed by atoms with van der Waals surface area (Å²) in [5.74, 6) is -3.31. The van der Waals surface area contributed by atoms with Gasteiger partial charge in [-0.2, -0.15) is 0 Å². The molecule has 0 radical (unpaired) electrons. The van der Waals surface area contributed by atoms with Crippen molar-refractivity contribution >= 4 is 11.6 Å². The van der Waals surface area contributed by atoms with E-state index in [2.05, 4.69) is 20.8 Å². The van der Waals surface area contributed by atoms with Gasteiger partial charge in [0.15, 0.2) is 0 Å². The fourth-order valence-corrected chi connectivity index (χ4v) is 3.92. The number of imidazole rings is 1. The van der Waals surface area contributed by atoms with Gasteiger partial charge in [-0.05, 0) is 44.2 Å². The van der Waals surface area contributed by atoms with Gasteiger partial charge in [-0.25, -0.2) is 18.6 Å². The van der Waals surface area contributed by atoms with E-state index in [4.69, 9.17) is 4.98 Å². The van der Waals surface area contributed by atoms with Gasteiger partial charge in [0.1, 0.15) is 5.65 Å². The normalized spacial score (nSPS) is 18.4. The van der Waals surface area contributed by atoms with E-state index in [1.807, 2.05) is 11.3 Å². The molecule has 1 aliphatic rings. The highest BCUT2D eigenvalue weighted by atomic mass is 19.3. The third-order valence-electron chi connectivity index (χ3n) is 5.28. The highest BCUT2D eigenvalue weighted by Gasteiger charge is 2.36. The second-order valence-electron chi connectivity index (χ2n) is 8.54. The molecule has 6 heteroatoms. The summed E-state index contributed by atoms with van der Waals surface area (Å²) in [7, 11) is 0. The van der Waals surface area contributed by atoms with Crippen molar-refractivity contribution in [2.75, 3.05) is 0 Å². The predicted octanol–water partition coefficient (Wildman–Crippen LogP) is 5.01. The molecule has 1 aliphatic carbocycles. The molecule has 26 heavy (non-hydrogen) atoms. The predicted molar refractivity (Wildman–Crippen MR) is 96.2 cm³/mol. The minimum absolute atomic E-state index is 0.0542. The zero-order valence-corrected chi connectivity index (χ0v) is 15.8. The molecule has 142 valence electrons. The summed E-state index contributed by atoms with van der Waals surface area (Å²) in [6.07, 6.45) is 1.60. The van der Waals surface area contributed by atoms with E-state index >= 15 is 0 Å². The molecule has 0 bridgehead atoms. The lowest BCUT2D eigenvalue weighted by atomic mass is 9.81. The van der Waals surface area contributed by atoms with Crippen LogP contribution in [0.15, 0.2) is 12.1 Å². The topological polar surface area (TPSA) is 54.6 Å². The van der Waals surface area contributed by atoms with Crippen LogP contribution in [0.2, 0.25) is 0 Å². The van der Waals surface area contributed by atoms with Gasteiger partial charge in [0.2, 0.25) is 5.92 Å². The second kappa shape index (κ2) is 6.32. The summed E-state index contributed by atoms with van der Waals surface area (Å²) < 4.78 is 29.0. The summed E-state index contributed by atoms with van der Waals surface area (Å²) in [5.41, 5.74) is 3.36. The van der Waals surface area contributed by atoms with Crippen molar-refractivity contribution in [2.24, 2.45) is 5.92 Å². The Morgan fingerprint density at radius 2 is 1.92 bits per heavy atom. The molecule has 1 saturated carbocycles. The van der Waals surface area contributed by atoms with Gasteiger partial charge in [-0.15, -0.1) is 0 Å². The van der Waals surface area contributed by atoms with E-state index in [0.717, 1.165) is 17.1 Å². The fourth-order valence-electron chi connectivity index (χ4n) is 3.92. The van der Waals surface area contributed by atoms with E-state index in [9.17, 15) is 18.7 Å². The van der Waals surface area contributed by atoms with Gasteiger partial charge in [-0.3, -0.25) is 0 Å². The Hall–Kier alpha value is -1.98. The first-order chi connectivity index (χ1) is 12.0. The number of aromatic carboxylic acids is 1. The standard InChI is InChI=1S/C20H26F2N2O2/c1-12-9-14(18(25)26)11-16-23-17(19(2,3)4)15(24(12)16)10-13-5-7-20(21,22)8-6-13/h9,11,13H,5-8,10H2,1-4H3,(H,25,26). The molecule has 0 atom stereocenters. The molecular formula is C20H26F2N2O2. The molecule has 0 amide bonds. The first-order valence-electron chi connectivity index (χ1n) is 9.11. The minimum atomic E-state index is -2.53. The molecule has 0 aliphatic heterocycles. The van der Waals surface area contributed by atoms with Crippen LogP contribution in [-0.4, -0.2) is 26.4 Å². The van der Waals surface area contributed by atoms with Gasteiger partial charge in [-0.1, -0.05) is 20.8 Å². The zero-order valence-electron chi connectivity index (χ0n) is 15.8.